The van der Waals surface area contributed by atoms with Crippen LogP contribution in [0.2, 0.25) is 0 Å². The van der Waals surface area contributed by atoms with Crippen molar-refractivity contribution in [1.29, 1.82) is 0 Å². The lowest BCUT2D eigenvalue weighted by Crippen LogP contribution is -2.11. The summed E-state index contributed by atoms with van der Waals surface area (Å²) in [4.78, 5) is 3.70. The molecule has 0 unspecified atom stereocenters. The highest BCUT2D eigenvalue weighted by molar-refractivity contribution is 5.71. The zero-order valence-corrected chi connectivity index (χ0v) is 7.51. The van der Waals surface area contributed by atoms with Crippen molar-refractivity contribution in [3.8, 4) is 0 Å². The number of anilines is 1. The van der Waals surface area contributed by atoms with Gasteiger partial charge in [0.25, 0.3) is 0 Å². The molecule has 0 amide bonds. The molecule has 1 aromatic rings. The third kappa shape index (κ3) is 2.43. The second-order valence-electron chi connectivity index (χ2n) is 2.66. The summed E-state index contributed by atoms with van der Waals surface area (Å²) in [5.74, 6) is 0. The molecule has 6 nitrogen and oxygen atoms in total. The summed E-state index contributed by atoms with van der Waals surface area (Å²) in [6.07, 6.45) is 0.918. The molecule has 0 aliphatic carbocycles. The Kier molecular flexibility index (Phi) is 3.41. The van der Waals surface area contributed by atoms with E-state index in [-0.39, 0.29) is 10.9 Å². The second kappa shape index (κ2) is 4.56. The molecule has 0 saturated carbocycles. The van der Waals surface area contributed by atoms with Gasteiger partial charge in [-0.15, -0.1) is 5.23 Å². The number of hydroxylamine groups is 1. The maximum absolute atomic E-state index is 9.93. The van der Waals surface area contributed by atoms with E-state index in [0.29, 0.717) is 5.69 Å². The fourth-order valence-corrected chi connectivity index (χ4v) is 1.00. The number of rotatable bonds is 3. The maximum atomic E-state index is 9.93. The molecular formula is C8H10N3O3-. The minimum Gasteiger partial charge on any atom is -0.760 e. The number of aryl methyl sites for hydroxylation is 1. The molecule has 0 fully saturated rings. The number of aliphatic imine (C=N–C) groups is 1. The summed E-state index contributed by atoms with van der Waals surface area (Å²) < 4.78 is 0. The highest BCUT2D eigenvalue weighted by Crippen LogP contribution is 2.27. The van der Waals surface area contributed by atoms with Gasteiger partial charge in [0, 0.05) is 0 Å². The van der Waals surface area contributed by atoms with Crippen molar-refractivity contribution in [3.63, 3.8) is 0 Å². The van der Waals surface area contributed by atoms with Crippen molar-refractivity contribution in [2.45, 2.75) is 6.92 Å². The summed E-state index contributed by atoms with van der Waals surface area (Å²) in [5.41, 5.74) is 2.76. The molecule has 0 radical (unpaired) electrons. The molecule has 0 spiro atoms. The lowest BCUT2D eigenvalue weighted by Gasteiger charge is -2.11. The predicted octanol–water partition coefficient (Wildman–Crippen LogP) is 1.33. The van der Waals surface area contributed by atoms with Crippen LogP contribution in [0.15, 0.2) is 23.2 Å². The average Bonchev–Trinajstić information content (AvgIpc) is 2.14. The zero-order chi connectivity index (χ0) is 10.6. The summed E-state index contributed by atoms with van der Waals surface area (Å²) in [7, 11) is 0. The number of nitrogens with zero attached hydrogens (tertiary/aromatic N) is 2. The quantitative estimate of drug-likeness (QED) is 0.385. The number of hydrogen-bond acceptors (Lipinski definition) is 5. The standard InChI is InChI=1S/C8H10N3O3/c1-6-2-3-8(11(13)14)7(4-6)9-5-10-12/h2-5,13-14H,1H3,(H-,9,10,12)/q-1. The normalized spacial score (nSPS) is 10.6. The smallest absolute Gasteiger partial charge is 0.120 e. The Labute approximate surface area is 80.6 Å². The van der Waals surface area contributed by atoms with Crippen LogP contribution in [-0.2, 0) is 0 Å². The van der Waals surface area contributed by atoms with Gasteiger partial charge < -0.3 is 10.7 Å². The second-order valence-corrected chi connectivity index (χ2v) is 2.66. The SMILES string of the molecule is Cc1ccc(N(O)O)c(N=CN[O-])c1. The van der Waals surface area contributed by atoms with Crippen LogP contribution in [0.3, 0.4) is 0 Å². The van der Waals surface area contributed by atoms with E-state index in [9.17, 15) is 5.21 Å². The van der Waals surface area contributed by atoms with E-state index in [4.69, 9.17) is 10.4 Å². The van der Waals surface area contributed by atoms with Crippen LogP contribution in [0.4, 0.5) is 11.4 Å². The first-order valence-corrected chi connectivity index (χ1v) is 3.84. The van der Waals surface area contributed by atoms with E-state index in [1.54, 1.807) is 12.1 Å². The topological polar surface area (TPSA) is 91.2 Å². The molecule has 14 heavy (non-hydrogen) atoms. The van der Waals surface area contributed by atoms with Crippen LogP contribution in [0.1, 0.15) is 5.56 Å². The van der Waals surface area contributed by atoms with Gasteiger partial charge in [0.1, 0.15) is 5.69 Å². The Morgan fingerprint density at radius 1 is 1.50 bits per heavy atom. The van der Waals surface area contributed by atoms with Gasteiger partial charge in [0.15, 0.2) is 0 Å². The molecule has 0 heterocycles. The summed E-state index contributed by atoms with van der Waals surface area (Å²) in [6.45, 7) is 1.83. The molecule has 0 atom stereocenters. The molecule has 0 saturated heterocycles. The monoisotopic (exact) mass is 196 g/mol. The first-order chi connectivity index (χ1) is 6.65. The van der Waals surface area contributed by atoms with Gasteiger partial charge >= 0.3 is 0 Å². The third-order valence-corrected chi connectivity index (χ3v) is 1.60. The van der Waals surface area contributed by atoms with Crippen LogP contribution in [0.5, 0.6) is 0 Å². The highest BCUT2D eigenvalue weighted by Gasteiger charge is 2.05. The van der Waals surface area contributed by atoms with Crippen molar-refractivity contribution < 1.29 is 10.4 Å². The third-order valence-electron chi connectivity index (χ3n) is 1.60. The van der Waals surface area contributed by atoms with Gasteiger partial charge in [0.2, 0.25) is 0 Å². The van der Waals surface area contributed by atoms with Crippen LogP contribution >= 0.6 is 0 Å². The molecule has 76 valence electrons. The molecule has 3 N–H and O–H groups in total. The van der Waals surface area contributed by atoms with E-state index in [0.717, 1.165) is 11.9 Å². The number of benzene rings is 1. The maximum Gasteiger partial charge on any atom is 0.120 e. The Morgan fingerprint density at radius 2 is 2.21 bits per heavy atom. The molecular weight excluding hydrogens is 186 g/mol. The van der Waals surface area contributed by atoms with E-state index >= 15 is 0 Å². The Hall–Kier alpha value is -1.63. The summed E-state index contributed by atoms with van der Waals surface area (Å²) >= 11 is 0. The van der Waals surface area contributed by atoms with E-state index < -0.39 is 0 Å². The van der Waals surface area contributed by atoms with Gasteiger partial charge in [-0.1, -0.05) is 6.07 Å². The lowest BCUT2D eigenvalue weighted by molar-refractivity contribution is 0.0295. The molecule has 1 rings (SSSR count). The van der Waals surface area contributed by atoms with Crippen molar-refractivity contribution in [2.24, 2.45) is 4.99 Å². The first kappa shape index (κ1) is 10.5. The Balaban J connectivity index is 3.09. The van der Waals surface area contributed by atoms with Crippen LogP contribution in [-0.4, -0.2) is 16.8 Å². The Bertz CT molecular complexity index is 339. The largest absolute Gasteiger partial charge is 0.760 e. The van der Waals surface area contributed by atoms with Crippen molar-refractivity contribution in [1.82, 2.24) is 5.48 Å². The van der Waals surface area contributed by atoms with Gasteiger partial charge in [-0.25, -0.2) is 4.99 Å². The predicted molar refractivity (Wildman–Crippen MR) is 51.9 cm³/mol. The van der Waals surface area contributed by atoms with Gasteiger partial charge in [-0.2, -0.15) is 0 Å². The highest BCUT2D eigenvalue weighted by atomic mass is 16.8. The zero-order valence-electron chi connectivity index (χ0n) is 7.51. The van der Waals surface area contributed by atoms with Gasteiger partial charge in [-0.05, 0) is 24.6 Å². The van der Waals surface area contributed by atoms with Crippen LogP contribution in [0.25, 0.3) is 0 Å². The molecule has 0 aliphatic rings. The summed E-state index contributed by atoms with van der Waals surface area (Å²) in [6, 6.07) is 4.79. The van der Waals surface area contributed by atoms with E-state index in [2.05, 4.69) is 4.99 Å². The van der Waals surface area contributed by atoms with Gasteiger partial charge in [0.05, 0.1) is 12.0 Å². The fraction of sp³-hybridized carbons (Fsp3) is 0.125. The number of nitrogens with one attached hydrogen (secondary N) is 1. The molecule has 0 aliphatic heterocycles. The fourth-order valence-electron chi connectivity index (χ4n) is 1.00. The van der Waals surface area contributed by atoms with Gasteiger partial charge in [-0.3, -0.25) is 10.4 Å². The molecule has 0 bridgehead atoms. The minimum atomic E-state index is -0.0447. The molecule has 0 aromatic heterocycles. The van der Waals surface area contributed by atoms with E-state index in [1.807, 2.05) is 6.92 Å². The van der Waals surface area contributed by atoms with Crippen molar-refractivity contribution in [2.75, 3.05) is 5.23 Å². The lowest BCUT2D eigenvalue weighted by atomic mass is 10.2. The molecule has 1 aromatic carbocycles. The Morgan fingerprint density at radius 3 is 2.79 bits per heavy atom. The van der Waals surface area contributed by atoms with Crippen molar-refractivity contribution >= 4 is 17.7 Å². The van der Waals surface area contributed by atoms with E-state index in [1.165, 1.54) is 11.5 Å². The van der Waals surface area contributed by atoms with Crippen molar-refractivity contribution in [3.05, 3.63) is 29.0 Å². The minimum absolute atomic E-state index is 0.0447. The van der Waals surface area contributed by atoms with Crippen LogP contribution < -0.4 is 10.7 Å². The van der Waals surface area contributed by atoms with Crippen LogP contribution in [0, 0.1) is 12.1 Å². The summed E-state index contributed by atoms with van der Waals surface area (Å²) in [5, 5.41) is 27.5. The number of hydrogen-bond donors (Lipinski definition) is 3. The first-order valence-electron chi connectivity index (χ1n) is 3.84. The molecule has 6 heteroatoms. The average molecular weight is 196 g/mol.